The predicted molar refractivity (Wildman–Crippen MR) is 107 cm³/mol. The Morgan fingerprint density at radius 2 is 1.71 bits per heavy atom. The number of cyclic esters (lactones) is 1. The highest BCUT2D eigenvalue weighted by Gasteiger charge is 2.40. The Bertz CT molecular complexity index is 1000. The van der Waals surface area contributed by atoms with Crippen LogP contribution in [0.3, 0.4) is 0 Å². The van der Waals surface area contributed by atoms with Crippen LogP contribution in [0.4, 0.5) is 18.0 Å². The topological polar surface area (TPSA) is 49.9 Å². The van der Waals surface area contributed by atoms with Crippen LogP contribution in [0.1, 0.15) is 30.0 Å². The lowest BCUT2D eigenvalue weighted by molar-refractivity contribution is -0.127. The van der Waals surface area contributed by atoms with E-state index in [1.165, 1.54) is 0 Å². The van der Waals surface area contributed by atoms with Gasteiger partial charge in [-0.1, -0.05) is 30.3 Å². The number of amides is 2. The molecule has 0 aromatic heterocycles. The summed E-state index contributed by atoms with van der Waals surface area (Å²) in [6, 6.07) is 11.3. The molecule has 31 heavy (non-hydrogen) atoms. The second-order valence-electron chi connectivity index (χ2n) is 7.57. The third-order valence-electron chi connectivity index (χ3n) is 5.74. The molecule has 2 amide bonds. The first-order valence-corrected chi connectivity index (χ1v) is 10.1. The van der Waals surface area contributed by atoms with Gasteiger partial charge in [0.1, 0.15) is 6.61 Å². The number of nitrogens with zero attached hydrogens (tertiary/aromatic N) is 2. The monoisotopic (exact) mass is 430 g/mol. The Balaban J connectivity index is 1.38. The van der Waals surface area contributed by atoms with Crippen LogP contribution in [-0.2, 0) is 9.53 Å². The zero-order chi connectivity index (χ0) is 22.0. The molecule has 2 aliphatic rings. The number of hydrogen-bond acceptors (Lipinski definition) is 3. The molecule has 0 bridgehead atoms. The van der Waals surface area contributed by atoms with Gasteiger partial charge in [-0.2, -0.15) is 0 Å². The largest absolute Gasteiger partial charge is 0.447 e. The van der Waals surface area contributed by atoms with Crippen molar-refractivity contribution in [2.45, 2.75) is 24.9 Å². The molecule has 8 heteroatoms. The number of carbonyl (C=O) groups excluding carboxylic acids is 2. The SMILES string of the molecule is O=C(/C=C/c1ccc(F)c(F)c1F)N1CCC(N2C(=O)OC[C@H]2c2ccccc2)CC1. The van der Waals surface area contributed by atoms with Crippen LogP contribution in [0.2, 0.25) is 0 Å². The summed E-state index contributed by atoms with van der Waals surface area (Å²) in [4.78, 5) is 28.1. The minimum absolute atomic E-state index is 0.0584. The first kappa shape index (κ1) is 21.0. The second kappa shape index (κ2) is 8.83. The van der Waals surface area contributed by atoms with Crippen molar-refractivity contribution >= 4 is 18.1 Å². The summed E-state index contributed by atoms with van der Waals surface area (Å²) in [6.45, 7) is 1.13. The van der Waals surface area contributed by atoms with Crippen molar-refractivity contribution in [3.63, 3.8) is 0 Å². The Labute approximate surface area is 177 Å². The van der Waals surface area contributed by atoms with Crippen molar-refractivity contribution in [2.24, 2.45) is 0 Å². The van der Waals surface area contributed by atoms with Crippen molar-refractivity contribution < 1.29 is 27.5 Å². The highest BCUT2D eigenvalue weighted by atomic mass is 19.2. The standard InChI is InChI=1S/C23H21F3N2O3/c24-18-8-6-16(21(25)22(18)26)7-9-20(29)27-12-10-17(11-13-27)28-19(14-31-23(28)30)15-4-2-1-3-5-15/h1-9,17,19H,10-14H2/b9-7+/t19-/m0/s1. The molecule has 0 N–H and O–H groups in total. The normalized spacial score (nSPS) is 19.8. The van der Waals surface area contributed by atoms with Crippen molar-refractivity contribution in [3.05, 3.63) is 77.1 Å². The zero-order valence-corrected chi connectivity index (χ0v) is 16.6. The van der Waals surface area contributed by atoms with Gasteiger partial charge in [0.2, 0.25) is 5.91 Å². The van der Waals surface area contributed by atoms with Crippen molar-refractivity contribution in [3.8, 4) is 0 Å². The van der Waals surface area contributed by atoms with E-state index in [1.807, 2.05) is 30.3 Å². The smallest absolute Gasteiger partial charge is 0.410 e. The van der Waals surface area contributed by atoms with E-state index in [-0.39, 0.29) is 29.6 Å². The molecule has 162 valence electrons. The van der Waals surface area contributed by atoms with E-state index < -0.39 is 17.5 Å². The number of halogens is 3. The summed E-state index contributed by atoms with van der Waals surface area (Å²) in [6.07, 6.45) is 3.09. The molecule has 2 heterocycles. The van der Waals surface area contributed by atoms with Crippen molar-refractivity contribution in [1.29, 1.82) is 0 Å². The minimum atomic E-state index is -1.57. The van der Waals surface area contributed by atoms with Crippen molar-refractivity contribution in [2.75, 3.05) is 19.7 Å². The quantitative estimate of drug-likeness (QED) is 0.537. The van der Waals surface area contributed by atoms with E-state index in [2.05, 4.69) is 0 Å². The number of likely N-dealkylation sites (tertiary alicyclic amines) is 1. The molecule has 0 radical (unpaired) electrons. The summed E-state index contributed by atoms with van der Waals surface area (Å²) < 4.78 is 45.4. The van der Waals surface area contributed by atoms with Crippen LogP contribution in [0.15, 0.2) is 48.5 Å². The fraction of sp³-hybridized carbons (Fsp3) is 0.304. The van der Waals surface area contributed by atoms with Gasteiger partial charge >= 0.3 is 6.09 Å². The Morgan fingerprint density at radius 3 is 2.42 bits per heavy atom. The van der Waals surface area contributed by atoms with Gasteiger partial charge < -0.3 is 9.64 Å². The second-order valence-corrected chi connectivity index (χ2v) is 7.57. The maximum Gasteiger partial charge on any atom is 0.410 e. The van der Waals surface area contributed by atoms with E-state index in [0.29, 0.717) is 32.5 Å². The molecule has 2 aromatic carbocycles. The van der Waals surface area contributed by atoms with Gasteiger partial charge in [0.05, 0.1) is 6.04 Å². The number of benzene rings is 2. The molecular formula is C23H21F3N2O3. The first-order chi connectivity index (χ1) is 15.0. The fourth-order valence-electron chi connectivity index (χ4n) is 4.07. The molecular weight excluding hydrogens is 409 g/mol. The van der Waals surface area contributed by atoms with Crippen LogP contribution >= 0.6 is 0 Å². The lowest BCUT2D eigenvalue weighted by Crippen LogP contribution is -2.47. The molecule has 0 saturated carbocycles. The number of hydrogen-bond donors (Lipinski definition) is 0. The average molecular weight is 430 g/mol. The molecule has 1 atom stereocenters. The third kappa shape index (κ3) is 4.28. The summed E-state index contributed by atoms with van der Waals surface area (Å²) in [5.74, 6) is -4.54. The molecule has 0 unspecified atom stereocenters. The van der Waals surface area contributed by atoms with E-state index in [1.54, 1.807) is 9.80 Å². The van der Waals surface area contributed by atoms with Crippen LogP contribution in [0.5, 0.6) is 0 Å². The maximum atomic E-state index is 13.8. The van der Waals surface area contributed by atoms with Gasteiger partial charge in [-0.3, -0.25) is 9.69 Å². The lowest BCUT2D eigenvalue weighted by atomic mass is 9.99. The van der Waals surface area contributed by atoms with Gasteiger partial charge in [-0.05, 0) is 36.6 Å². The molecule has 2 aliphatic heterocycles. The highest BCUT2D eigenvalue weighted by molar-refractivity contribution is 5.91. The maximum absolute atomic E-state index is 13.8. The zero-order valence-electron chi connectivity index (χ0n) is 16.6. The molecule has 5 nitrogen and oxygen atoms in total. The molecule has 2 aromatic rings. The van der Waals surface area contributed by atoms with Gasteiger partial charge in [0.25, 0.3) is 0 Å². The molecule has 0 aliphatic carbocycles. The number of piperidine rings is 1. The predicted octanol–water partition coefficient (Wildman–Crippen LogP) is 4.30. The van der Waals surface area contributed by atoms with Gasteiger partial charge in [0, 0.05) is 30.8 Å². The Kier molecular flexibility index (Phi) is 5.97. The summed E-state index contributed by atoms with van der Waals surface area (Å²) >= 11 is 0. The van der Waals surface area contributed by atoms with Crippen LogP contribution in [-0.4, -0.2) is 47.5 Å². The fourth-order valence-corrected chi connectivity index (χ4v) is 4.07. The minimum Gasteiger partial charge on any atom is -0.447 e. The van der Waals surface area contributed by atoms with Crippen LogP contribution < -0.4 is 0 Å². The average Bonchev–Trinajstić information content (AvgIpc) is 3.19. The Hall–Kier alpha value is -3.29. The van der Waals surface area contributed by atoms with Gasteiger partial charge in [-0.15, -0.1) is 0 Å². The lowest BCUT2D eigenvalue weighted by Gasteiger charge is -2.37. The van der Waals surface area contributed by atoms with E-state index in [4.69, 9.17) is 4.74 Å². The third-order valence-corrected chi connectivity index (χ3v) is 5.74. The van der Waals surface area contributed by atoms with Crippen LogP contribution in [0.25, 0.3) is 6.08 Å². The summed E-state index contributed by atoms with van der Waals surface area (Å²) in [5.41, 5.74) is 0.802. The molecule has 0 spiro atoms. The summed E-state index contributed by atoms with van der Waals surface area (Å²) in [7, 11) is 0. The molecule has 2 fully saturated rings. The molecule has 2 saturated heterocycles. The van der Waals surface area contributed by atoms with Crippen LogP contribution in [0, 0.1) is 17.5 Å². The van der Waals surface area contributed by atoms with E-state index in [9.17, 15) is 22.8 Å². The van der Waals surface area contributed by atoms with Gasteiger partial charge in [0.15, 0.2) is 17.5 Å². The Morgan fingerprint density at radius 1 is 1.00 bits per heavy atom. The van der Waals surface area contributed by atoms with E-state index in [0.717, 1.165) is 29.8 Å². The first-order valence-electron chi connectivity index (χ1n) is 10.1. The number of carbonyl (C=O) groups is 2. The highest BCUT2D eigenvalue weighted by Crippen LogP contribution is 2.33. The van der Waals surface area contributed by atoms with Gasteiger partial charge in [-0.25, -0.2) is 18.0 Å². The number of rotatable bonds is 4. The molecule has 4 rings (SSSR count). The van der Waals surface area contributed by atoms with Crippen molar-refractivity contribution in [1.82, 2.24) is 9.80 Å². The van der Waals surface area contributed by atoms with E-state index >= 15 is 0 Å². The summed E-state index contributed by atoms with van der Waals surface area (Å²) in [5, 5.41) is 0. The number of ether oxygens (including phenoxy) is 1.